The Balaban J connectivity index is 2.33. The number of benzene rings is 1. The summed E-state index contributed by atoms with van der Waals surface area (Å²) in [4.78, 5) is 23.3. The highest BCUT2D eigenvalue weighted by Crippen LogP contribution is 2.28. The summed E-state index contributed by atoms with van der Waals surface area (Å²) in [5.41, 5.74) is 0.466. The maximum atomic E-state index is 13.0. The predicted octanol–water partition coefficient (Wildman–Crippen LogP) is 3.80. The highest BCUT2D eigenvalue weighted by molar-refractivity contribution is 7.13. The third-order valence-electron chi connectivity index (χ3n) is 2.57. The number of aromatic carboxylic acids is 1. The minimum atomic E-state index is -1.33. The van der Waals surface area contributed by atoms with Crippen LogP contribution in [0.4, 0.5) is 10.1 Å². The number of aryl methyl sites for hydroxylation is 1. The lowest BCUT2D eigenvalue weighted by molar-refractivity contribution is 0.0697. The minimum absolute atomic E-state index is 0.0195. The number of anilines is 1. The molecule has 0 fully saturated rings. The van der Waals surface area contributed by atoms with E-state index in [4.69, 9.17) is 16.7 Å². The van der Waals surface area contributed by atoms with E-state index in [1.165, 1.54) is 6.07 Å². The van der Waals surface area contributed by atoms with Crippen molar-refractivity contribution in [1.29, 1.82) is 0 Å². The molecule has 104 valence electrons. The molecule has 1 amide bonds. The molecule has 4 nitrogen and oxygen atoms in total. The molecule has 1 aromatic carbocycles. The van der Waals surface area contributed by atoms with Crippen molar-refractivity contribution < 1.29 is 19.1 Å². The summed E-state index contributed by atoms with van der Waals surface area (Å²) in [5.74, 6) is -2.54. The lowest BCUT2D eigenvalue weighted by Gasteiger charge is -2.08. The predicted molar refractivity (Wildman–Crippen MR) is 75.4 cm³/mol. The van der Waals surface area contributed by atoms with Crippen molar-refractivity contribution in [3.8, 4) is 0 Å². The normalized spacial score (nSPS) is 10.3. The molecule has 2 rings (SSSR count). The lowest BCUT2D eigenvalue weighted by Crippen LogP contribution is -2.14. The molecule has 2 aromatic rings. The monoisotopic (exact) mass is 313 g/mol. The largest absolute Gasteiger partial charge is 0.478 e. The van der Waals surface area contributed by atoms with E-state index in [9.17, 15) is 14.0 Å². The van der Waals surface area contributed by atoms with E-state index in [-0.39, 0.29) is 16.1 Å². The van der Waals surface area contributed by atoms with E-state index >= 15 is 0 Å². The molecule has 7 heteroatoms. The molecule has 0 aliphatic carbocycles. The van der Waals surface area contributed by atoms with Gasteiger partial charge in [-0.05, 0) is 36.1 Å². The van der Waals surface area contributed by atoms with Crippen LogP contribution in [0.15, 0.2) is 23.6 Å². The molecule has 20 heavy (non-hydrogen) atoms. The molecule has 0 spiro atoms. The Morgan fingerprint density at radius 1 is 1.40 bits per heavy atom. The van der Waals surface area contributed by atoms with Gasteiger partial charge in [-0.1, -0.05) is 11.6 Å². The summed E-state index contributed by atoms with van der Waals surface area (Å²) >= 11 is 7.13. The summed E-state index contributed by atoms with van der Waals surface area (Å²) < 4.78 is 13.0. The van der Waals surface area contributed by atoms with Crippen LogP contribution in [0.3, 0.4) is 0 Å². The van der Waals surface area contributed by atoms with E-state index in [0.29, 0.717) is 5.02 Å². The SMILES string of the molecule is Cc1csc(C(=O)Nc2ccc(F)cc2C(=O)O)c1Cl. The van der Waals surface area contributed by atoms with Crippen molar-refractivity contribution in [3.05, 3.63) is 50.4 Å². The molecular weight excluding hydrogens is 305 g/mol. The van der Waals surface area contributed by atoms with Crippen LogP contribution in [0.1, 0.15) is 25.6 Å². The van der Waals surface area contributed by atoms with Crippen LogP contribution in [-0.4, -0.2) is 17.0 Å². The van der Waals surface area contributed by atoms with E-state index in [1.54, 1.807) is 12.3 Å². The van der Waals surface area contributed by atoms with Gasteiger partial charge in [0, 0.05) is 0 Å². The first kappa shape index (κ1) is 14.5. The topological polar surface area (TPSA) is 66.4 Å². The Labute approximate surface area is 122 Å². The fourth-order valence-electron chi connectivity index (χ4n) is 1.56. The summed E-state index contributed by atoms with van der Waals surface area (Å²) in [6.07, 6.45) is 0. The van der Waals surface area contributed by atoms with E-state index in [2.05, 4.69) is 5.32 Å². The Morgan fingerprint density at radius 3 is 2.65 bits per heavy atom. The number of thiophene rings is 1. The first-order valence-corrected chi connectivity index (χ1v) is 6.73. The molecule has 0 aliphatic rings. The van der Waals surface area contributed by atoms with Gasteiger partial charge in [0.1, 0.15) is 10.7 Å². The zero-order valence-corrected chi connectivity index (χ0v) is 11.8. The number of carboxylic acid groups (broad SMARTS) is 1. The molecule has 0 atom stereocenters. The van der Waals surface area contributed by atoms with Gasteiger partial charge < -0.3 is 10.4 Å². The van der Waals surface area contributed by atoms with Gasteiger partial charge in [-0.3, -0.25) is 4.79 Å². The van der Waals surface area contributed by atoms with Gasteiger partial charge in [-0.2, -0.15) is 0 Å². The number of hydrogen-bond acceptors (Lipinski definition) is 3. The van der Waals surface area contributed by atoms with Crippen LogP contribution >= 0.6 is 22.9 Å². The van der Waals surface area contributed by atoms with E-state index in [1.807, 2.05) is 0 Å². The quantitative estimate of drug-likeness (QED) is 0.905. The highest BCUT2D eigenvalue weighted by atomic mass is 35.5. The Bertz CT molecular complexity index is 699. The zero-order chi connectivity index (χ0) is 14.9. The van der Waals surface area contributed by atoms with Crippen LogP contribution in [0.25, 0.3) is 0 Å². The van der Waals surface area contributed by atoms with Crippen LogP contribution < -0.4 is 5.32 Å². The summed E-state index contributed by atoms with van der Waals surface area (Å²) in [6.45, 7) is 1.76. The fourth-order valence-corrected chi connectivity index (χ4v) is 2.74. The van der Waals surface area contributed by atoms with Gasteiger partial charge >= 0.3 is 5.97 Å². The number of nitrogens with one attached hydrogen (secondary N) is 1. The smallest absolute Gasteiger partial charge is 0.337 e. The first-order valence-electron chi connectivity index (χ1n) is 5.48. The Kier molecular flexibility index (Phi) is 4.06. The molecule has 0 aliphatic heterocycles. The molecule has 0 radical (unpaired) electrons. The molecule has 0 unspecified atom stereocenters. The van der Waals surface area contributed by atoms with Crippen LogP contribution in [0, 0.1) is 12.7 Å². The van der Waals surface area contributed by atoms with Crippen molar-refractivity contribution in [1.82, 2.24) is 0 Å². The van der Waals surface area contributed by atoms with Gasteiger partial charge in [0.15, 0.2) is 0 Å². The summed E-state index contributed by atoms with van der Waals surface area (Å²) in [5, 5.41) is 13.5. The number of amides is 1. The molecule has 2 N–H and O–H groups in total. The maximum absolute atomic E-state index is 13.0. The molecule has 1 heterocycles. The molecular formula is C13H9ClFNO3S. The van der Waals surface area contributed by atoms with E-state index < -0.39 is 17.7 Å². The van der Waals surface area contributed by atoms with E-state index in [0.717, 1.165) is 29.0 Å². The van der Waals surface area contributed by atoms with Crippen molar-refractivity contribution in [3.63, 3.8) is 0 Å². The van der Waals surface area contributed by atoms with Crippen LogP contribution in [0.5, 0.6) is 0 Å². The second kappa shape index (κ2) is 5.60. The second-order valence-corrected chi connectivity index (χ2v) is 5.27. The van der Waals surface area contributed by atoms with Gasteiger partial charge in [0.25, 0.3) is 5.91 Å². The number of halogens is 2. The number of hydrogen-bond donors (Lipinski definition) is 2. The molecule has 0 bridgehead atoms. The number of rotatable bonds is 3. The number of carbonyl (C=O) groups excluding carboxylic acids is 1. The van der Waals surface area contributed by atoms with Crippen LogP contribution in [-0.2, 0) is 0 Å². The third kappa shape index (κ3) is 2.81. The molecule has 0 saturated heterocycles. The third-order valence-corrected chi connectivity index (χ3v) is 4.26. The minimum Gasteiger partial charge on any atom is -0.478 e. The zero-order valence-electron chi connectivity index (χ0n) is 10.2. The van der Waals surface area contributed by atoms with Gasteiger partial charge in [-0.15, -0.1) is 11.3 Å². The fraction of sp³-hybridized carbons (Fsp3) is 0.0769. The first-order chi connectivity index (χ1) is 9.40. The van der Waals surface area contributed by atoms with Crippen molar-refractivity contribution in [2.24, 2.45) is 0 Å². The van der Waals surface area contributed by atoms with Gasteiger partial charge in [-0.25, -0.2) is 9.18 Å². The van der Waals surface area contributed by atoms with Gasteiger partial charge in [0.2, 0.25) is 0 Å². The summed E-state index contributed by atoms with van der Waals surface area (Å²) in [6, 6.07) is 3.12. The van der Waals surface area contributed by atoms with Crippen molar-refractivity contribution >= 4 is 40.5 Å². The molecule has 1 aromatic heterocycles. The standard InChI is InChI=1S/C13H9ClFNO3S/c1-6-5-20-11(10(6)14)12(17)16-9-3-2-7(15)4-8(9)13(18)19/h2-5H,1H3,(H,16,17)(H,18,19). The number of carboxylic acids is 1. The average molecular weight is 314 g/mol. The Hall–Kier alpha value is -1.92. The lowest BCUT2D eigenvalue weighted by atomic mass is 10.1. The Morgan fingerprint density at radius 2 is 2.10 bits per heavy atom. The molecule has 0 saturated carbocycles. The highest BCUT2D eigenvalue weighted by Gasteiger charge is 2.18. The second-order valence-electron chi connectivity index (χ2n) is 4.01. The van der Waals surface area contributed by atoms with Gasteiger partial charge in [0.05, 0.1) is 16.3 Å². The van der Waals surface area contributed by atoms with Crippen molar-refractivity contribution in [2.75, 3.05) is 5.32 Å². The number of carbonyl (C=O) groups is 2. The average Bonchev–Trinajstić information content (AvgIpc) is 2.72. The maximum Gasteiger partial charge on any atom is 0.337 e. The van der Waals surface area contributed by atoms with Crippen molar-refractivity contribution in [2.45, 2.75) is 6.92 Å². The van der Waals surface area contributed by atoms with Crippen LogP contribution in [0.2, 0.25) is 5.02 Å². The summed E-state index contributed by atoms with van der Waals surface area (Å²) in [7, 11) is 0.